The van der Waals surface area contributed by atoms with Crippen molar-refractivity contribution in [1.82, 2.24) is 4.90 Å². The number of allylic oxidation sites excluding steroid dienone is 1. The molecule has 1 saturated heterocycles. The molecule has 3 heteroatoms. The molecule has 13 heavy (non-hydrogen) atoms. The van der Waals surface area contributed by atoms with Gasteiger partial charge in [0.2, 0.25) is 0 Å². The summed E-state index contributed by atoms with van der Waals surface area (Å²) >= 11 is 1.77. The van der Waals surface area contributed by atoms with E-state index in [4.69, 9.17) is 11.2 Å². The molecule has 0 bridgehead atoms. The summed E-state index contributed by atoms with van der Waals surface area (Å²) < 4.78 is 5.26. The zero-order valence-corrected chi connectivity index (χ0v) is 8.55. The molecule has 0 aromatic heterocycles. The van der Waals surface area contributed by atoms with E-state index in [1.165, 1.54) is 0 Å². The van der Waals surface area contributed by atoms with Gasteiger partial charge in [-0.1, -0.05) is 5.92 Å². The smallest absolute Gasteiger partial charge is 0.0594 e. The van der Waals surface area contributed by atoms with Crippen LogP contribution in [0, 0.1) is 12.3 Å². The predicted molar refractivity (Wildman–Crippen MR) is 57.7 cm³/mol. The molecule has 0 N–H and O–H groups in total. The number of hydrogen-bond acceptors (Lipinski definition) is 3. The topological polar surface area (TPSA) is 12.5 Å². The lowest BCUT2D eigenvalue weighted by Crippen LogP contribution is -2.37. The molecule has 1 heterocycles. The number of ether oxygens (including phenoxy) is 1. The van der Waals surface area contributed by atoms with Crippen LogP contribution in [0.4, 0.5) is 0 Å². The molecule has 1 aliphatic heterocycles. The molecule has 0 saturated carbocycles. The van der Waals surface area contributed by atoms with Crippen LogP contribution in [0.5, 0.6) is 0 Å². The molecule has 1 rings (SSSR count). The minimum atomic E-state index is 0.880. The van der Waals surface area contributed by atoms with E-state index in [9.17, 15) is 0 Å². The zero-order valence-electron chi connectivity index (χ0n) is 7.74. The zero-order chi connectivity index (χ0) is 9.36. The van der Waals surface area contributed by atoms with Crippen molar-refractivity contribution < 1.29 is 4.74 Å². The molecular weight excluding hydrogens is 182 g/mol. The summed E-state index contributed by atoms with van der Waals surface area (Å²) in [6.45, 7) is 5.03. The van der Waals surface area contributed by atoms with Gasteiger partial charge in [0.05, 0.1) is 13.2 Å². The minimum Gasteiger partial charge on any atom is -0.379 e. The minimum absolute atomic E-state index is 0.880. The fourth-order valence-corrected chi connectivity index (χ4v) is 1.84. The summed E-state index contributed by atoms with van der Waals surface area (Å²) in [5.74, 6) is 3.58. The number of terminal acetylenes is 1. The van der Waals surface area contributed by atoms with Crippen molar-refractivity contribution in [2.75, 3.05) is 38.6 Å². The highest BCUT2D eigenvalue weighted by molar-refractivity contribution is 8.02. The van der Waals surface area contributed by atoms with Gasteiger partial charge in [-0.25, -0.2) is 0 Å². The number of nitrogens with zero attached hydrogens (tertiary/aromatic N) is 1. The molecule has 0 radical (unpaired) electrons. The number of rotatable bonds is 4. The highest BCUT2D eigenvalue weighted by atomic mass is 32.2. The van der Waals surface area contributed by atoms with E-state index in [1.807, 2.05) is 5.41 Å². The van der Waals surface area contributed by atoms with Crippen LogP contribution in [0.15, 0.2) is 11.5 Å². The van der Waals surface area contributed by atoms with Gasteiger partial charge in [0.1, 0.15) is 0 Å². The van der Waals surface area contributed by atoms with E-state index in [0.717, 1.165) is 38.6 Å². The maximum Gasteiger partial charge on any atom is 0.0594 e. The Hall–Kier alpha value is -0.430. The maximum atomic E-state index is 5.26. The first kappa shape index (κ1) is 10.6. The number of thioether (sulfide) groups is 1. The van der Waals surface area contributed by atoms with Crippen LogP contribution in [0.25, 0.3) is 0 Å². The number of hydrogen-bond donors (Lipinski definition) is 0. The van der Waals surface area contributed by atoms with Crippen molar-refractivity contribution in [3.05, 3.63) is 11.5 Å². The SMILES string of the molecule is C#CC=CSCCN1CCOCC1. The highest BCUT2D eigenvalue weighted by Crippen LogP contribution is 2.04. The van der Waals surface area contributed by atoms with E-state index in [2.05, 4.69) is 10.8 Å². The second kappa shape index (κ2) is 7.02. The Labute approximate surface area is 84.3 Å². The molecule has 0 spiro atoms. The number of morpholine rings is 1. The third-order valence-corrected chi connectivity index (χ3v) is 2.64. The van der Waals surface area contributed by atoms with Crippen LogP contribution < -0.4 is 0 Å². The summed E-state index contributed by atoms with van der Waals surface area (Å²) in [7, 11) is 0. The van der Waals surface area contributed by atoms with Crippen molar-refractivity contribution in [3.8, 4) is 12.3 Å². The third kappa shape index (κ3) is 4.99. The molecule has 2 nitrogen and oxygen atoms in total. The molecule has 0 aromatic rings. The fourth-order valence-electron chi connectivity index (χ4n) is 1.16. The van der Waals surface area contributed by atoms with Gasteiger partial charge in [-0.3, -0.25) is 4.90 Å². The Morgan fingerprint density at radius 1 is 1.46 bits per heavy atom. The van der Waals surface area contributed by atoms with Crippen LogP contribution in [-0.4, -0.2) is 43.5 Å². The van der Waals surface area contributed by atoms with E-state index in [0.29, 0.717) is 0 Å². The van der Waals surface area contributed by atoms with Gasteiger partial charge in [0, 0.05) is 25.4 Å². The summed E-state index contributed by atoms with van der Waals surface area (Å²) in [6, 6.07) is 0. The van der Waals surface area contributed by atoms with Gasteiger partial charge in [0.15, 0.2) is 0 Å². The lowest BCUT2D eigenvalue weighted by molar-refractivity contribution is 0.0410. The molecule has 72 valence electrons. The fraction of sp³-hybridized carbons (Fsp3) is 0.600. The maximum absolute atomic E-state index is 5.26. The average Bonchev–Trinajstić information content (AvgIpc) is 2.19. The van der Waals surface area contributed by atoms with Crippen LogP contribution in [-0.2, 0) is 4.74 Å². The molecule has 0 aromatic carbocycles. The van der Waals surface area contributed by atoms with Crippen molar-refractivity contribution in [1.29, 1.82) is 0 Å². The molecular formula is C10H15NOS. The van der Waals surface area contributed by atoms with Crippen molar-refractivity contribution in [3.63, 3.8) is 0 Å². The van der Waals surface area contributed by atoms with Gasteiger partial charge in [-0.2, -0.15) is 0 Å². The van der Waals surface area contributed by atoms with Gasteiger partial charge in [-0.15, -0.1) is 18.2 Å². The van der Waals surface area contributed by atoms with Crippen LogP contribution in [0.1, 0.15) is 0 Å². The second-order valence-electron chi connectivity index (χ2n) is 2.79. The van der Waals surface area contributed by atoms with Crippen molar-refractivity contribution >= 4 is 11.8 Å². The normalized spacial score (nSPS) is 19.0. The highest BCUT2D eigenvalue weighted by Gasteiger charge is 2.08. The quantitative estimate of drug-likeness (QED) is 0.496. The van der Waals surface area contributed by atoms with Crippen molar-refractivity contribution in [2.45, 2.75) is 0 Å². The Balaban J connectivity index is 1.98. The molecule has 0 amide bonds. The average molecular weight is 197 g/mol. The van der Waals surface area contributed by atoms with Crippen molar-refractivity contribution in [2.24, 2.45) is 0 Å². The van der Waals surface area contributed by atoms with Gasteiger partial charge in [-0.05, 0) is 11.5 Å². The molecule has 0 atom stereocenters. The first-order valence-corrected chi connectivity index (χ1v) is 5.51. The predicted octanol–water partition coefficient (Wildman–Crippen LogP) is 1.20. The Morgan fingerprint density at radius 2 is 2.23 bits per heavy atom. The van der Waals surface area contributed by atoms with E-state index < -0.39 is 0 Å². The summed E-state index contributed by atoms with van der Waals surface area (Å²) in [6.07, 6.45) is 6.82. The Morgan fingerprint density at radius 3 is 2.92 bits per heavy atom. The Bertz CT molecular complexity index is 192. The lowest BCUT2D eigenvalue weighted by atomic mass is 10.4. The van der Waals surface area contributed by atoms with Crippen LogP contribution >= 0.6 is 11.8 Å². The molecule has 0 aliphatic carbocycles. The molecule has 0 unspecified atom stereocenters. The molecule has 1 aliphatic rings. The summed E-state index contributed by atoms with van der Waals surface area (Å²) in [5, 5.41) is 1.97. The second-order valence-corrected chi connectivity index (χ2v) is 3.81. The summed E-state index contributed by atoms with van der Waals surface area (Å²) in [5.41, 5.74) is 0. The monoisotopic (exact) mass is 197 g/mol. The lowest BCUT2D eigenvalue weighted by Gasteiger charge is -2.25. The van der Waals surface area contributed by atoms with Gasteiger partial charge < -0.3 is 4.74 Å². The van der Waals surface area contributed by atoms with Gasteiger partial charge >= 0.3 is 0 Å². The van der Waals surface area contributed by atoms with E-state index in [-0.39, 0.29) is 0 Å². The van der Waals surface area contributed by atoms with Crippen LogP contribution in [0.3, 0.4) is 0 Å². The summed E-state index contributed by atoms with van der Waals surface area (Å²) in [4.78, 5) is 2.42. The van der Waals surface area contributed by atoms with E-state index in [1.54, 1.807) is 17.8 Å². The first-order valence-electron chi connectivity index (χ1n) is 4.46. The Kier molecular flexibility index (Phi) is 5.75. The first-order chi connectivity index (χ1) is 6.43. The van der Waals surface area contributed by atoms with E-state index >= 15 is 0 Å². The molecule has 1 fully saturated rings. The van der Waals surface area contributed by atoms with Crippen LogP contribution in [0.2, 0.25) is 0 Å². The third-order valence-electron chi connectivity index (χ3n) is 1.89. The largest absolute Gasteiger partial charge is 0.379 e. The van der Waals surface area contributed by atoms with Gasteiger partial charge in [0.25, 0.3) is 0 Å². The standard InChI is InChI=1S/C10H15NOS/c1-2-3-9-13-10-6-11-4-7-12-8-5-11/h1,3,9H,4-8,10H2.